The van der Waals surface area contributed by atoms with Crippen LogP contribution in [-0.4, -0.2) is 16.5 Å². The molecule has 0 aliphatic carbocycles. The second-order valence-corrected chi connectivity index (χ2v) is 2.91. The summed E-state index contributed by atoms with van der Waals surface area (Å²) in [6.45, 7) is 2.88. The van der Waals surface area contributed by atoms with Crippen LogP contribution in [-0.2, 0) is 0 Å². The Hall–Kier alpha value is 0.230. The van der Waals surface area contributed by atoms with Gasteiger partial charge in [-0.15, -0.1) is 0 Å². The molecular formula is C3H9N3S. The van der Waals surface area contributed by atoms with E-state index in [9.17, 15) is 0 Å². The molecule has 1 saturated heterocycles. The zero-order chi connectivity index (χ0) is 5.28. The molecule has 42 valence electrons. The molecule has 1 heterocycles. The normalized spacial score (nSPS) is 34.3. The van der Waals surface area contributed by atoms with Gasteiger partial charge in [-0.3, -0.25) is 11.2 Å². The van der Waals surface area contributed by atoms with Crippen molar-refractivity contribution >= 4 is 11.9 Å². The van der Waals surface area contributed by atoms with Crippen LogP contribution in [0.1, 0.15) is 6.92 Å². The number of nitrogens with one attached hydrogen (secondary N) is 1. The molecule has 1 unspecified atom stereocenters. The Balaban J connectivity index is 2.26. The van der Waals surface area contributed by atoms with E-state index < -0.39 is 0 Å². The summed E-state index contributed by atoms with van der Waals surface area (Å²) in [5.74, 6) is 5.36. The maximum absolute atomic E-state index is 5.36. The van der Waals surface area contributed by atoms with Crippen molar-refractivity contribution in [3.63, 3.8) is 0 Å². The van der Waals surface area contributed by atoms with Gasteiger partial charge in [-0.2, -0.15) is 4.41 Å². The molecule has 0 spiro atoms. The zero-order valence-electron chi connectivity index (χ0n) is 4.22. The molecule has 1 fully saturated rings. The minimum absolute atomic E-state index is 0.491. The highest BCUT2D eigenvalue weighted by Crippen LogP contribution is 2.14. The Kier molecular flexibility index (Phi) is 1.53. The summed E-state index contributed by atoms with van der Waals surface area (Å²) in [6, 6.07) is 0. The van der Waals surface area contributed by atoms with E-state index in [1.165, 1.54) is 0 Å². The Morgan fingerprint density at radius 2 is 2.71 bits per heavy atom. The summed E-state index contributed by atoms with van der Waals surface area (Å²) in [4.78, 5) is 0. The molecule has 0 aromatic carbocycles. The summed E-state index contributed by atoms with van der Waals surface area (Å²) in [7, 11) is 0. The zero-order valence-corrected chi connectivity index (χ0v) is 5.03. The van der Waals surface area contributed by atoms with Gasteiger partial charge >= 0.3 is 0 Å². The van der Waals surface area contributed by atoms with Gasteiger partial charge in [0.1, 0.15) is 0 Å². The largest absolute Gasteiger partial charge is 0.290 e. The van der Waals surface area contributed by atoms with E-state index in [-0.39, 0.29) is 0 Å². The maximum Gasteiger partial charge on any atom is 0.0743 e. The maximum atomic E-state index is 5.36. The molecule has 0 bridgehead atoms. The van der Waals surface area contributed by atoms with E-state index in [4.69, 9.17) is 5.84 Å². The van der Waals surface area contributed by atoms with Crippen LogP contribution in [0, 0.1) is 0 Å². The third kappa shape index (κ3) is 1.31. The van der Waals surface area contributed by atoms with Crippen molar-refractivity contribution in [3.05, 3.63) is 0 Å². The first-order valence-corrected chi connectivity index (χ1v) is 3.05. The molecule has 0 amide bonds. The second-order valence-electron chi connectivity index (χ2n) is 1.53. The van der Waals surface area contributed by atoms with E-state index in [2.05, 4.69) is 12.2 Å². The van der Waals surface area contributed by atoms with Gasteiger partial charge in [-0.05, 0) is 18.9 Å². The Bertz CT molecular complexity index is 59.2. The molecule has 3 nitrogen and oxygen atoms in total. The predicted octanol–water partition coefficient (Wildman–Crippen LogP) is -0.283. The predicted molar refractivity (Wildman–Crippen MR) is 31.1 cm³/mol. The molecule has 1 rings (SSSR count). The number of nitrogens with zero attached hydrogens (tertiary/aromatic N) is 1. The van der Waals surface area contributed by atoms with Crippen molar-refractivity contribution in [2.75, 3.05) is 6.67 Å². The molecule has 0 aromatic heterocycles. The fraction of sp³-hybridized carbons (Fsp3) is 1.00. The standard InChI is InChI=1S/C3H9N3S/c1-3-5-2-6(4)7-3/h3,5H,2,4H2,1H3. The fourth-order valence-corrected chi connectivity index (χ4v) is 1.20. The SMILES string of the molecule is CC1NCN(N)S1. The minimum Gasteiger partial charge on any atom is -0.290 e. The van der Waals surface area contributed by atoms with Gasteiger partial charge in [-0.25, -0.2) is 0 Å². The quantitative estimate of drug-likeness (QED) is 0.340. The monoisotopic (exact) mass is 119 g/mol. The van der Waals surface area contributed by atoms with Crippen LogP contribution in [0.4, 0.5) is 0 Å². The number of hydrogen-bond donors (Lipinski definition) is 2. The van der Waals surface area contributed by atoms with Crippen LogP contribution in [0.3, 0.4) is 0 Å². The number of nitrogens with two attached hydrogens (primary N) is 1. The Morgan fingerprint density at radius 3 is 2.86 bits per heavy atom. The lowest BCUT2D eigenvalue weighted by Gasteiger charge is -2.00. The summed E-state index contributed by atoms with van der Waals surface area (Å²) in [5, 5.41) is 3.62. The lowest BCUT2D eigenvalue weighted by atomic mass is 10.7. The van der Waals surface area contributed by atoms with Crippen molar-refractivity contribution in [3.8, 4) is 0 Å². The molecule has 3 N–H and O–H groups in total. The van der Waals surface area contributed by atoms with E-state index in [0.717, 1.165) is 6.67 Å². The topological polar surface area (TPSA) is 41.3 Å². The van der Waals surface area contributed by atoms with Crippen molar-refractivity contribution in [2.24, 2.45) is 5.84 Å². The molecule has 0 radical (unpaired) electrons. The number of hydrazine groups is 1. The molecule has 1 atom stereocenters. The third-order valence-corrected chi connectivity index (χ3v) is 1.71. The average molecular weight is 119 g/mol. The van der Waals surface area contributed by atoms with E-state index in [1.54, 1.807) is 16.4 Å². The second kappa shape index (κ2) is 2.00. The number of hydrogen-bond acceptors (Lipinski definition) is 4. The fourth-order valence-electron chi connectivity index (χ4n) is 0.496. The Labute approximate surface area is 47.3 Å². The van der Waals surface area contributed by atoms with Crippen LogP contribution in [0.5, 0.6) is 0 Å². The minimum atomic E-state index is 0.491. The van der Waals surface area contributed by atoms with Crippen LogP contribution < -0.4 is 11.2 Å². The van der Waals surface area contributed by atoms with Crippen molar-refractivity contribution in [2.45, 2.75) is 12.3 Å². The van der Waals surface area contributed by atoms with Crippen LogP contribution >= 0.6 is 11.9 Å². The first kappa shape index (κ1) is 5.37. The summed E-state index contributed by atoms with van der Waals surface area (Å²) in [6.07, 6.45) is 0. The summed E-state index contributed by atoms with van der Waals surface area (Å²) >= 11 is 1.62. The first-order chi connectivity index (χ1) is 3.29. The first-order valence-electron chi connectivity index (χ1n) is 2.21. The van der Waals surface area contributed by atoms with E-state index >= 15 is 0 Å². The smallest absolute Gasteiger partial charge is 0.0743 e. The molecule has 7 heavy (non-hydrogen) atoms. The van der Waals surface area contributed by atoms with Crippen LogP contribution in [0.15, 0.2) is 0 Å². The third-order valence-electron chi connectivity index (χ3n) is 0.828. The highest BCUT2D eigenvalue weighted by atomic mass is 32.2. The van der Waals surface area contributed by atoms with Gasteiger partial charge in [0.15, 0.2) is 0 Å². The molecule has 4 heteroatoms. The lowest BCUT2D eigenvalue weighted by Crippen LogP contribution is -2.24. The Morgan fingerprint density at radius 1 is 2.00 bits per heavy atom. The van der Waals surface area contributed by atoms with Crippen LogP contribution in [0.2, 0.25) is 0 Å². The van der Waals surface area contributed by atoms with Crippen molar-refractivity contribution in [1.29, 1.82) is 0 Å². The van der Waals surface area contributed by atoms with Gasteiger partial charge in [0.2, 0.25) is 0 Å². The highest BCUT2D eigenvalue weighted by molar-refractivity contribution is 7.97. The van der Waals surface area contributed by atoms with Crippen molar-refractivity contribution in [1.82, 2.24) is 9.73 Å². The van der Waals surface area contributed by atoms with Crippen LogP contribution in [0.25, 0.3) is 0 Å². The van der Waals surface area contributed by atoms with E-state index in [0.29, 0.717) is 5.37 Å². The summed E-state index contributed by atoms with van der Waals surface area (Å²) in [5.41, 5.74) is 0. The van der Waals surface area contributed by atoms with E-state index in [1.807, 2.05) is 0 Å². The lowest BCUT2D eigenvalue weighted by molar-refractivity contribution is 0.485. The van der Waals surface area contributed by atoms with Gasteiger partial charge in [0, 0.05) is 0 Å². The van der Waals surface area contributed by atoms with Gasteiger partial charge in [-0.1, -0.05) is 0 Å². The average Bonchev–Trinajstić information content (AvgIpc) is 1.87. The highest BCUT2D eigenvalue weighted by Gasteiger charge is 2.13. The molecule has 1 aliphatic heterocycles. The number of rotatable bonds is 0. The van der Waals surface area contributed by atoms with Crippen molar-refractivity contribution < 1.29 is 0 Å². The molecular weight excluding hydrogens is 110 g/mol. The van der Waals surface area contributed by atoms with Gasteiger partial charge in [0.25, 0.3) is 0 Å². The molecule has 0 saturated carbocycles. The van der Waals surface area contributed by atoms with Gasteiger partial charge < -0.3 is 0 Å². The van der Waals surface area contributed by atoms with Gasteiger partial charge in [0.05, 0.1) is 12.0 Å². The molecule has 1 aliphatic rings. The summed E-state index contributed by atoms with van der Waals surface area (Å²) < 4.78 is 1.69. The molecule has 0 aromatic rings.